The topological polar surface area (TPSA) is 121 Å². The first-order chi connectivity index (χ1) is 22.0. The molecule has 4 rings (SSSR count). The fourth-order valence-electron chi connectivity index (χ4n) is 4.26. The summed E-state index contributed by atoms with van der Waals surface area (Å²) in [6.45, 7) is 1.85. The third-order valence-corrected chi connectivity index (χ3v) is 7.10. The predicted molar refractivity (Wildman–Crippen MR) is 164 cm³/mol. The lowest BCUT2D eigenvalue weighted by Gasteiger charge is -2.21. The van der Waals surface area contributed by atoms with Gasteiger partial charge in [0.05, 0.1) is 11.4 Å². The number of urea groups is 2. The van der Waals surface area contributed by atoms with Crippen molar-refractivity contribution in [3.63, 3.8) is 0 Å². The van der Waals surface area contributed by atoms with Crippen LogP contribution in [0.1, 0.15) is 18.1 Å². The maximum atomic E-state index is 12.8. The zero-order valence-electron chi connectivity index (χ0n) is 24.7. The Kier molecular flexibility index (Phi) is 10.9. The van der Waals surface area contributed by atoms with Crippen LogP contribution >= 0.6 is 11.8 Å². The Labute approximate surface area is 268 Å². The van der Waals surface area contributed by atoms with E-state index in [1.807, 2.05) is 0 Å². The molecule has 17 heteroatoms. The van der Waals surface area contributed by atoms with Gasteiger partial charge in [0.1, 0.15) is 11.5 Å². The molecule has 3 aromatic carbocycles. The van der Waals surface area contributed by atoms with Gasteiger partial charge in [-0.15, -0.1) is 13.2 Å². The van der Waals surface area contributed by atoms with Crippen LogP contribution in [0.2, 0.25) is 0 Å². The van der Waals surface area contributed by atoms with Crippen LogP contribution in [-0.4, -0.2) is 54.1 Å². The van der Waals surface area contributed by atoms with Gasteiger partial charge in [-0.05, 0) is 79.9 Å². The summed E-state index contributed by atoms with van der Waals surface area (Å²) in [5.74, 6) is -1.17. The van der Waals surface area contributed by atoms with Crippen molar-refractivity contribution in [3.05, 3.63) is 77.9 Å². The second-order valence-corrected chi connectivity index (χ2v) is 11.1. The van der Waals surface area contributed by atoms with Gasteiger partial charge in [-0.1, -0.05) is 30.0 Å². The van der Waals surface area contributed by atoms with Crippen molar-refractivity contribution in [3.8, 4) is 11.5 Å². The molecular weight excluding hydrogens is 656 g/mol. The Morgan fingerprint density at radius 2 is 1.57 bits per heavy atom. The number of ether oxygens (including phenoxy) is 2. The molecular formula is C30H27F6N5O5S. The minimum absolute atomic E-state index is 0.0125. The molecule has 1 aliphatic heterocycles. The summed E-state index contributed by atoms with van der Waals surface area (Å²) >= 11 is 0.962. The molecule has 1 fully saturated rings. The van der Waals surface area contributed by atoms with Gasteiger partial charge in [0.2, 0.25) is 5.91 Å². The van der Waals surface area contributed by atoms with Gasteiger partial charge in [-0.3, -0.25) is 9.69 Å². The number of nitrogens with zero attached hydrogens (tertiary/aromatic N) is 2. The van der Waals surface area contributed by atoms with Gasteiger partial charge in [0.15, 0.2) is 11.8 Å². The summed E-state index contributed by atoms with van der Waals surface area (Å²) in [5, 5.41) is 7.76. The number of aliphatic imine (C=N–C) groups is 1. The molecule has 1 unspecified atom stereocenters. The molecule has 3 aromatic rings. The minimum Gasteiger partial charge on any atom is -0.482 e. The van der Waals surface area contributed by atoms with Crippen LogP contribution in [0.4, 0.5) is 53.0 Å². The second kappa shape index (κ2) is 14.7. The SMILES string of the molecule is Cc1ccc(OCC(F)(F)F)c(N2C(=O)CS/C2=N\C(=O)NC(C)Cc2ccc(NC(=O)Nc3ccc(OC(F)(F)F)cc3)cc2)c1. The Bertz CT molecular complexity index is 1630. The lowest BCUT2D eigenvalue weighted by molar-refractivity contribution is -0.274. The van der Waals surface area contributed by atoms with E-state index in [2.05, 4.69) is 25.7 Å². The number of hydrogen-bond acceptors (Lipinski definition) is 6. The number of hydrogen-bond donors (Lipinski definition) is 3. The fraction of sp³-hybridized carbons (Fsp3) is 0.267. The van der Waals surface area contributed by atoms with E-state index in [0.717, 1.165) is 34.4 Å². The number of thioether (sulfide) groups is 1. The highest BCUT2D eigenvalue weighted by molar-refractivity contribution is 8.15. The summed E-state index contributed by atoms with van der Waals surface area (Å²) in [7, 11) is 0. The zero-order valence-corrected chi connectivity index (χ0v) is 25.5. The number of anilines is 3. The highest BCUT2D eigenvalue weighted by atomic mass is 32.2. The molecule has 1 aliphatic rings. The number of nitrogens with one attached hydrogen (secondary N) is 3. The minimum atomic E-state index is -4.83. The van der Waals surface area contributed by atoms with Crippen LogP contribution in [0.3, 0.4) is 0 Å². The van der Waals surface area contributed by atoms with E-state index in [1.54, 1.807) is 38.1 Å². The van der Waals surface area contributed by atoms with Crippen molar-refractivity contribution in [2.45, 2.75) is 38.8 Å². The first-order valence-electron chi connectivity index (χ1n) is 13.7. The van der Waals surface area contributed by atoms with Crippen molar-refractivity contribution in [2.75, 3.05) is 27.9 Å². The van der Waals surface area contributed by atoms with Gasteiger partial charge in [0, 0.05) is 17.4 Å². The molecule has 47 heavy (non-hydrogen) atoms. The van der Waals surface area contributed by atoms with Crippen molar-refractivity contribution < 1.29 is 50.2 Å². The Hall–Kier alpha value is -4.93. The molecule has 250 valence electrons. The molecule has 10 nitrogen and oxygen atoms in total. The standard InChI is InChI=1S/C30H27F6N5O5S/c1-17-3-12-24(45-16-29(31,32)33)23(13-17)41-25(42)15-47-28(41)40-26(43)37-18(2)14-19-4-6-20(7-5-19)38-27(44)39-21-8-10-22(11-9-21)46-30(34,35)36/h3-13,18H,14-16H2,1-2H3,(H,37,43)(H2,38,39,44)/b40-28-. The van der Waals surface area contributed by atoms with Crippen LogP contribution < -0.4 is 30.3 Å². The number of carbonyl (C=O) groups is 3. The van der Waals surface area contributed by atoms with Crippen LogP contribution in [0.15, 0.2) is 71.7 Å². The normalized spacial score (nSPS) is 14.9. The van der Waals surface area contributed by atoms with Gasteiger partial charge in [0.25, 0.3) is 0 Å². The van der Waals surface area contributed by atoms with Gasteiger partial charge < -0.3 is 25.4 Å². The number of aryl methyl sites for hydroxylation is 1. The summed E-state index contributed by atoms with van der Waals surface area (Å²) in [6.07, 6.45) is -9.07. The van der Waals surface area contributed by atoms with Gasteiger partial charge >= 0.3 is 24.6 Å². The fourth-order valence-corrected chi connectivity index (χ4v) is 5.12. The van der Waals surface area contributed by atoms with Crippen molar-refractivity contribution in [1.29, 1.82) is 0 Å². The van der Waals surface area contributed by atoms with E-state index >= 15 is 0 Å². The van der Waals surface area contributed by atoms with Crippen molar-refractivity contribution >= 4 is 52.0 Å². The zero-order chi connectivity index (χ0) is 34.4. The Morgan fingerprint density at radius 3 is 2.17 bits per heavy atom. The molecule has 0 aliphatic carbocycles. The summed E-state index contributed by atoms with van der Waals surface area (Å²) in [5.41, 5.74) is 2.13. The number of rotatable bonds is 9. The molecule has 0 aromatic heterocycles. The van der Waals surface area contributed by atoms with Crippen molar-refractivity contribution in [2.24, 2.45) is 4.99 Å². The number of amidine groups is 1. The van der Waals surface area contributed by atoms with E-state index < -0.39 is 48.9 Å². The van der Waals surface area contributed by atoms with E-state index in [0.29, 0.717) is 17.7 Å². The number of benzene rings is 3. The maximum Gasteiger partial charge on any atom is 0.573 e. The molecule has 0 radical (unpaired) electrons. The predicted octanol–water partition coefficient (Wildman–Crippen LogP) is 7.26. The molecule has 1 atom stereocenters. The van der Waals surface area contributed by atoms with E-state index in [9.17, 15) is 40.7 Å². The second-order valence-electron chi connectivity index (χ2n) is 10.2. The quantitative estimate of drug-likeness (QED) is 0.204. The van der Waals surface area contributed by atoms with E-state index in [1.165, 1.54) is 30.3 Å². The number of alkyl halides is 6. The van der Waals surface area contributed by atoms with Crippen LogP contribution in [-0.2, 0) is 11.2 Å². The van der Waals surface area contributed by atoms with Crippen LogP contribution in [0, 0.1) is 6.92 Å². The average molecular weight is 684 g/mol. The van der Waals surface area contributed by atoms with Gasteiger partial charge in [-0.25, -0.2) is 9.59 Å². The highest BCUT2D eigenvalue weighted by Crippen LogP contribution is 2.36. The molecule has 0 bridgehead atoms. The van der Waals surface area contributed by atoms with Crippen molar-refractivity contribution in [1.82, 2.24) is 5.32 Å². The number of halogens is 6. The van der Waals surface area contributed by atoms with E-state index in [-0.39, 0.29) is 28.0 Å². The molecule has 3 N–H and O–H groups in total. The number of amides is 5. The van der Waals surface area contributed by atoms with Crippen LogP contribution in [0.25, 0.3) is 0 Å². The largest absolute Gasteiger partial charge is 0.573 e. The average Bonchev–Trinajstić information content (AvgIpc) is 3.32. The summed E-state index contributed by atoms with van der Waals surface area (Å²) < 4.78 is 84.0. The maximum absolute atomic E-state index is 12.8. The van der Waals surface area contributed by atoms with E-state index in [4.69, 9.17) is 4.74 Å². The molecule has 5 amide bonds. The first-order valence-corrected chi connectivity index (χ1v) is 14.7. The molecule has 0 saturated carbocycles. The Balaban J connectivity index is 1.32. The first kappa shape index (κ1) is 34.9. The molecule has 1 saturated heterocycles. The number of carbonyl (C=O) groups excluding carboxylic acids is 3. The summed E-state index contributed by atoms with van der Waals surface area (Å²) in [4.78, 5) is 42.8. The summed E-state index contributed by atoms with van der Waals surface area (Å²) in [6, 6.07) is 13.8. The lowest BCUT2D eigenvalue weighted by atomic mass is 10.1. The smallest absolute Gasteiger partial charge is 0.482 e. The molecule has 1 heterocycles. The molecule has 0 spiro atoms. The third kappa shape index (κ3) is 10.8. The van der Waals surface area contributed by atoms with Gasteiger partial charge in [-0.2, -0.15) is 18.2 Å². The monoisotopic (exact) mass is 683 g/mol. The third-order valence-electron chi connectivity index (χ3n) is 6.18. The highest BCUT2D eigenvalue weighted by Gasteiger charge is 2.35. The Morgan fingerprint density at radius 1 is 0.957 bits per heavy atom. The van der Waals surface area contributed by atoms with Crippen LogP contribution in [0.5, 0.6) is 11.5 Å². The lowest BCUT2D eigenvalue weighted by Crippen LogP contribution is -2.35.